The number of piperidine rings is 1. The number of rotatable bonds is 8. The average molecular weight is 435 g/mol. The maximum atomic E-state index is 14.8. The molecule has 0 radical (unpaired) electrons. The minimum absolute atomic E-state index is 0.0851. The highest BCUT2D eigenvalue weighted by molar-refractivity contribution is 5.84. The van der Waals surface area contributed by atoms with E-state index in [0.29, 0.717) is 55.7 Å². The SMILES string of the molecule is CCOc1nc(N/C(C=N)=C(\C)NC2CCN(C3COC3)CC2(F)F)nc2[nH]ccc12. The Labute approximate surface area is 178 Å². The van der Waals surface area contributed by atoms with Crippen molar-refractivity contribution in [3.63, 3.8) is 0 Å². The van der Waals surface area contributed by atoms with Crippen molar-refractivity contribution in [1.29, 1.82) is 5.41 Å². The molecule has 0 spiro atoms. The van der Waals surface area contributed by atoms with E-state index in [4.69, 9.17) is 14.9 Å². The minimum Gasteiger partial charge on any atom is -0.477 e. The molecule has 2 aliphatic heterocycles. The summed E-state index contributed by atoms with van der Waals surface area (Å²) in [4.78, 5) is 13.5. The van der Waals surface area contributed by atoms with Crippen LogP contribution < -0.4 is 15.4 Å². The van der Waals surface area contributed by atoms with Gasteiger partial charge < -0.3 is 30.5 Å². The van der Waals surface area contributed by atoms with Crippen molar-refractivity contribution in [2.24, 2.45) is 0 Å². The molecular weight excluding hydrogens is 408 g/mol. The molecule has 2 fully saturated rings. The van der Waals surface area contributed by atoms with E-state index in [-0.39, 0.29) is 18.5 Å². The van der Waals surface area contributed by atoms with Crippen LogP contribution in [0, 0.1) is 5.41 Å². The summed E-state index contributed by atoms with van der Waals surface area (Å²) in [6.07, 6.45) is 3.09. The highest BCUT2D eigenvalue weighted by Crippen LogP contribution is 2.31. The van der Waals surface area contributed by atoms with Crippen molar-refractivity contribution < 1.29 is 18.3 Å². The van der Waals surface area contributed by atoms with Crippen LogP contribution in [0.15, 0.2) is 23.7 Å². The van der Waals surface area contributed by atoms with Crippen LogP contribution in [0.3, 0.4) is 0 Å². The zero-order valence-corrected chi connectivity index (χ0v) is 17.5. The van der Waals surface area contributed by atoms with Gasteiger partial charge >= 0.3 is 0 Å². The standard InChI is InChI=1S/C20H27F2N7O2/c1-3-31-18-14-4-6-24-17(14)27-19(28-18)26-15(8-23)12(2)25-16-5-7-29(11-20(16,21)22)13-9-30-10-13/h4,6,8,13,16,23,25H,3,5,7,9-11H2,1-2H3,(H2,24,26,27,28)/b15-12+,23-8?. The number of fused-ring (bicyclic) bond motifs is 1. The first-order valence-electron chi connectivity index (χ1n) is 10.3. The Balaban J connectivity index is 1.49. The molecule has 31 heavy (non-hydrogen) atoms. The second-order valence-corrected chi connectivity index (χ2v) is 7.74. The fourth-order valence-corrected chi connectivity index (χ4v) is 3.80. The largest absolute Gasteiger partial charge is 0.477 e. The summed E-state index contributed by atoms with van der Waals surface area (Å²) in [6.45, 7) is 5.26. The van der Waals surface area contributed by atoms with Crippen LogP contribution in [0.1, 0.15) is 20.3 Å². The molecule has 2 saturated heterocycles. The average Bonchev–Trinajstić information content (AvgIpc) is 3.15. The molecule has 1 atom stereocenters. The van der Waals surface area contributed by atoms with E-state index in [2.05, 4.69) is 25.6 Å². The van der Waals surface area contributed by atoms with Crippen molar-refractivity contribution in [1.82, 2.24) is 25.2 Å². The van der Waals surface area contributed by atoms with Crippen molar-refractivity contribution >= 4 is 23.2 Å². The van der Waals surface area contributed by atoms with Gasteiger partial charge in [0.2, 0.25) is 11.8 Å². The van der Waals surface area contributed by atoms with Gasteiger partial charge in [-0.2, -0.15) is 9.97 Å². The highest BCUT2D eigenvalue weighted by atomic mass is 19.3. The van der Waals surface area contributed by atoms with Crippen molar-refractivity contribution in [2.75, 3.05) is 38.2 Å². The number of H-pyrrole nitrogens is 1. The summed E-state index contributed by atoms with van der Waals surface area (Å²) >= 11 is 0. The first-order chi connectivity index (χ1) is 14.9. The molecule has 0 aliphatic carbocycles. The van der Waals surface area contributed by atoms with Crippen LogP contribution in [0.5, 0.6) is 5.88 Å². The smallest absolute Gasteiger partial charge is 0.280 e. The van der Waals surface area contributed by atoms with Gasteiger partial charge in [-0.3, -0.25) is 4.90 Å². The van der Waals surface area contributed by atoms with Crippen LogP contribution in [-0.4, -0.2) is 77.0 Å². The molecule has 0 bridgehead atoms. The Morgan fingerprint density at radius 2 is 2.26 bits per heavy atom. The van der Waals surface area contributed by atoms with Gasteiger partial charge in [0.15, 0.2) is 0 Å². The number of ether oxygens (including phenoxy) is 2. The van der Waals surface area contributed by atoms with Crippen molar-refractivity contribution in [3.8, 4) is 5.88 Å². The topological polar surface area (TPSA) is 111 Å². The molecule has 0 amide bonds. The summed E-state index contributed by atoms with van der Waals surface area (Å²) in [5.41, 5.74) is 1.31. The summed E-state index contributed by atoms with van der Waals surface area (Å²) in [6, 6.07) is 0.878. The van der Waals surface area contributed by atoms with Crippen molar-refractivity contribution in [2.45, 2.75) is 38.3 Å². The molecule has 9 nitrogen and oxygen atoms in total. The van der Waals surface area contributed by atoms with Crippen LogP contribution >= 0.6 is 0 Å². The third-order valence-electron chi connectivity index (χ3n) is 5.61. The lowest BCUT2D eigenvalue weighted by Crippen LogP contribution is -2.62. The van der Waals surface area contributed by atoms with E-state index in [1.807, 2.05) is 13.0 Å². The number of likely N-dealkylation sites (tertiary alicyclic amines) is 1. The Morgan fingerprint density at radius 1 is 1.45 bits per heavy atom. The van der Waals surface area contributed by atoms with Crippen LogP contribution in [0.4, 0.5) is 14.7 Å². The monoisotopic (exact) mass is 435 g/mol. The number of hydrogen-bond donors (Lipinski definition) is 4. The number of alkyl halides is 2. The van der Waals surface area contributed by atoms with Gasteiger partial charge in [-0.1, -0.05) is 0 Å². The Morgan fingerprint density at radius 3 is 2.90 bits per heavy atom. The summed E-state index contributed by atoms with van der Waals surface area (Å²) in [5.74, 6) is -2.28. The third kappa shape index (κ3) is 4.47. The van der Waals surface area contributed by atoms with Gasteiger partial charge in [-0.15, -0.1) is 0 Å². The molecule has 0 aromatic carbocycles. The lowest BCUT2D eigenvalue weighted by Gasteiger charge is -2.45. The molecule has 4 N–H and O–H groups in total. The molecule has 0 saturated carbocycles. The van der Waals surface area contributed by atoms with Gasteiger partial charge in [0.25, 0.3) is 5.92 Å². The Hall–Kier alpha value is -2.79. The number of nitrogens with zero attached hydrogens (tertiary/aromatic N) is 3. The van der Waals surface area contributed by atoms with Crippen LogP contribution in [0.25, 0.3) is 11.0 Å². The Bertz CT molecular complexity index is 974. The zero-order chi connectivity index (χ0) is 22.0. The number of nitrogens with one attached hydrogen (secondary N) is 4. The second kappa shape index (κ2) is 8.75. The predicted molar refractivity (Wildman–Crippen MR) is 113 cm³/mol. The van der Waals surface area contributed by atoms with Gasteiger partial charge in [0, 0.05) is 24.7 Å². The molecule has 2 aliphatic rings. The lowest BCUT2D eigenvalue weighted by atomic mass is 9.98. The number of halogens is 2. The van der Waals surface area contributed by atoms with Gasteiger partial charge in [0.05, 0.1) is 49.5 Å². The quantitative estimate of drug-likeness (QED) is 0.471. The fourth-order valence-electron chi connectivity index (χ4n) is 3.80. The maximum absolute atomic E-state index is 14.8. The van der Waals surface area contributed by atoms with E-state index in [1.165, 1.54) is 0 Å². The summed E-state index contributed by atoms with van der Waals surface area (Å²) < 4.78 is 40.3. The molecule has 4 rings (SSSR count). The highest BCUT2D eigenvalue weighted by Gasteiger charge is 2.47. The predicted octanol–water partition coefficient (Wildman–Crippen LogP) is 2.35. The molecule has 2 aromatic heterocycles. The number of hydrogen-bond acceptors (Lipinski definition) is 8. The van der Waals surface area contributed by atoms with Gasteiger partial charge in [-0.05, 0) is 26.3 Å². The summed E-state index contributed by atoms with van der Waals surface area (Å²) in [5, 5.41) is 14.4. The molecular formula is C20H27F2N7O2. The molecule has 11 heteroatoms. The van der Waals surface area contributed by atoms with Crippen LogP contribution in [-0.2, 0) is 4.74 Å². The number of anilines is 1. The first-order valence-corrected chi connectivity index (χ1v) is 10.3. The van der Waals surface area contributed by atoms with Gasteiger partial charge in [0.1, 0.15) is 5.65 Å². The molecule has 4 heterocycles. The van der Waals surface area contributed by atoms with E-state index < -0.39 is 12.0 Å². The van der Waals surface area contributed by atoms with E-state index in [0.717, 1.165) is 11.6 Å². The fraction of sp³-hybridized carbons (Fsp3) is 0.550. The molecule has 1 unspecified atom stereocenters. The zero-order valence-electron chi connectivity index (χ0n) is 17.5. The number of aromatic nitrogens is 3. The molecule has 168 valence electrons. The normalized spacial score (nSPS) is 22.5. The first kappa shape index (κ1) is 21.4. The van der Waals surface area contributed by atoms with E-state index >= 15 is 0 Å². The van der Waals surface area contributed by atoms with Gasteiger partial charge in [-0.25, -0.2) is 8.78 Å². The number of allylic oxidation sites excluding steroid dienone is 2. The maximum Gasteiger partial charge on any atom is 0.280 e. The molecule has 2 aromatic rings. The van der Waals surface area contributed by atoms with E-state index in [1.54, 1.807) is 18.0 Å². The minimum atomic E-state index is -2.90. The van der Waals surface area contributed by atoms with Crippen LogP contribution in [0.2, 0.25) is 0 Å². The lowest BCUT2D eigenvalue weighted by molar-refractivity contribution is -0.138. The van der Waals surface area contributed by atoms with Crippen molar-refractivity contribution in [3.05, 3.63) is 23.7 Å². The van der Waals surface area contributed by atoms with E-state index in [9.17, 15) is 8.78 Å². The third-order valence-corrected chi connectivity index (χ3v) is 5.61. The second-order valence-electron chi connectivity index (χ2n) is 7.74. The Kier molecular flexibility index (Phi) is 6.05. The number of aromatic amines is 1. The summed E-state index contributed by atoms with van der Waals surface area (Å²) in [7, 11) is 0.